The lowest BCUT2D eigenvalue weighted by Gasteiger charge is -2.08. The maximum Gasteiger partial charge on any atom is 0.161 e. The van der Waals surface area contributed by atoms with E-state index in [0.29, 0.717) is 32.5 Å². The van der Waals surface area contributed by atoms with Crippen LogP contribution in [-0.2, 0) is 0 Å². The summed E-state index contributed by atoms with van der Waals surface area (Å²) in [5.74, 6) is 0.146. The lowest BCUT2D eigenvalue weighted by atomic mass is 10.1. The summed E-state index contributed by atoms with van der Waals surface area (Å²) < 4.78 is 13.0. The maximum atomic E-state index is 13.0. The van der Waals surface area contributed by atoms with Gasteiger partial charge in [-0.2, -0.15) is 0 Å². The van der Waals surface area contributed by atoms with Crippen LogP contribution >= 0.6 is 23.2 Å². The molecular weight excluding hydrogens is 298 g/mol. The molecule has 0 aliphatic rings. The topological polar surface area (TPSA) is 25.8 Å². The molecule has 0 saturated carbocycles. The second-order valence-corrected chi connectivity index (χ2v) is 5.20. The van der Waals surface area contributed by atoms with Crippen molar-refractivity contribution in [3.8, 4) is 11.4 Å². The quantitative estimate of drug-likeness (QED) is 0.588. The monoisotopic (exact) mass is 306 g/mol. The molecule has 0 spiro atoms. The van der Waals surface area contributed by atoms with Gasteiger partial charge >= 0.3 is 0 Å². The first-order valence-electron chi connectivity index (χ1n) is 5.94. The lowest BCUT2D eigenvalue weighted by Crippen LogP contribution is -1.94. The summed E-state index contributed by atoms with van der Waals surface area (Å²) in [5, 5.41) is 1.45. The third-order valence-electron chi connectivity index (χ3n) is 3.06. The molecule has 3 rings (SSSR count). The van der Waals surface area contributed by atoms with Crippen LogP contribution in [0.5, 0.6) is 0 Å². The SMILES string of the molecule is Cc1ccc(Cl)c2c(Cl)nc(-c3ccc(F)cc3)nc12. The van der Waals surface area contributed by atoms with Crippen molar-refractivity contribution in [2.24, 2.45) is 0 Å². The zero-order valence-electron chi connectivity index (χ0n) is 10.5. The number of aromatic nitrogens is 2. The van der Waals surface area contributed by atoms with Gasteiger partial charge in [0.05, 0.1) is 15.9 Å². The summed E-state index contributed by atoms with van der Waals surface area (Å²) in [6, 6.07) is 9.61. The Balaban J connectivity index is 2.29. The van der Waals surface area contributed by atoms with E-state index >= 15 is 0 Å². The fourth-order valence-corrected chi connectivity index (χ4v) is 2.58. The molecule has 5 heteroatoms. The molecule has 0 aliphatic heterocycles. The molecule has 0 bridgehead atoms. The number of aryl methyl sites for hydroxylation is 1. The molecule has 0 amide bonds. The zero-order valence-corrected chi connectivity index (χ0v) is 12.0. The van der Waals surface area contributed by atoms with E-state index in [1.165, 1.54) is 12.1 Å². The van der Waals surface area contributed by atoms with Crippen LogP contribution in [0.3, 0.4) is 0 Å². The predicted molar refractivity (Wildman–Crippen MR) is 79.7 cm³/mol. The fraction of sp³-hybridized carbons (Fsp3) is 0.0667. The van der Waals surface area contributed by atoms with Gasteiger partial charge in [0.15, 0.2) is 5.82 Å². The first-order chi connectivity index (χ1) is 9.56. The van der Waals surface area contributed by atoms with Gasteiger partial charge in [0.2, 0.25) is 0 Å². The van der Waals surface area contributed by atoms with E-state index in [1.54, 1.807) is 18.2 Å². The molecule has 0 radical (unpaired) electrons. The normalized spacial score (nSPS) is 11.0. The Morgan fingerprint density at radius 1 is 0.950 bits per heavy atom. The largest absolute Gasteiger partial charge is 0.228 e. The van der Waals surface area contributed by atoms with Crippen molar-refractivity contribution in [1.29, 1.82) is 0 Å². The molecule has 0 atom stereocenters. The van der Waals surface area contributed by atoms with Crippen LogP contribution in [0.2, 0.25) is 10.2 Å². The highest BCUT2D eigenvalue weighted by Gasteiger charge is 2.12. The minimum atomic E-state index is -0.306. The Hall–Kier alpha value is -1.71. The lowest BCUT2D eigenvalue weighted by molar-refractivity contribution is 0.628. The summed E-state index contributed by atoms with van der Waals surface area (Å²) in [4.78, 5) is 8.74. The predicted octanol–water partition coefficient (Wildman–Crippen LogP) is 5.05. The van der Waals surface area contributed by atoms with Gasteiger partial charge in [-0.05, 0) is 42.8 Å². The van der Waals surface area contributed by atoms with Gasteiger partial charge < -0.3 is 0 Å². The van der Waals surface area contributed by atoms with Gasteiger partial charge in [0.25, 0.3) is 0 Å². The number of fused-ring (bicyclic) bond motifs is 1. The molecule has 0 unspecified atom stereocenters. The number of hydrogen-bond donors (Lipinski definition) is 0. The second-order valence-electron chi connectivity index (χ2n) is 4.43. The Morgan fingerprint density at radius 3 is 2.35 bits per heavy atom. The number of rotatable bonds is 1. The van der Waals surface area contributed by atoms with Crippen molar-refractivity contribution < 1.29 is 4.39 Å². The molecular formula is C15H9Cl2FN2. The van der Waals surface area contributed by atoms with Crippen molar-refractivity contribution >= 4 is 34.1 Å². The van der Waals surface area contributed by atoms with Crippen LogP contribution in [-0.4, -0.2) is 9.97 Å². The van der Waals surface area contributed by atoms with Crippen molar-refractivity contribution in [3.63, 3.8) is 0 Å². The molecule has 2 aromatic carbocycles. The maximum absolute atomic E-state index is 13.0. The number of hydrogen-bond acceptors (Lipinski definition) is 2. The summed E-state index contributed by atoms with van der Waals surface area (Å²) in [5.41, 5.74) is 2.36. The van der Waals surface area contributed by atoms with Crippen molar-refractivity contribution in [2.45, 2.75) is 6.92 Å². The second kappa shape index (κ2) is 5.00. The van der Waals surface area contributed by atoms with Crippen LogP contribution in [0.1, 0.15) is 5.56 Å². The van der Waals surface area contributed by atoms with E-state index in [9.17, 15) is 4.39 Å². The van der Waals surface area contributed by atoms with Crippen LogP contribution in [0.4, 0.5) is 4.39 Å². The van der Waals surface area contributed by atoms with E-state index in [4.69, 9.17) is 23.2 Å². The molecule has 0 saturated heterocycles. The fourth-order valence-electron chi connectivity index (χ4n) is 2.02. The number of nitrogens with zero attached hydrogens (tertiary/aromatic N) is 2. The first kappa shape index (κ1) is 13.3. The molecule has 0 fully saturated rings. The van der Waals surface area contributed by atoms with E-state index in [-0.39, 0.29) is 5.82 Å². The standard InChI is InChI=1S/C15H9Cl2FN2/c1-8-2-7-11(16)12-13(8)19-15(20-14(12)17)9-3-5-10(18)6-4-9/h2-7H,1H3. The molecule has 2 nitrogen and oxygen atoms in total. The Morgan fingerprint density at radius 2 is 1.65 bits per heavy atom. The Bertz CT molecular complexity index is 801. The van der Waals surface area contributed by atoms with Gasteiger partial charge in [-0.1, -0.05) is 29.3 Å². The molecule has 100 valence electrons. The average Bonchev–Trinajstić information content (AvgIpc) is 2.43. The Kier molecular flexibility index (Phi) is 3.32. The van der Waals surface area contributed by atoms with E-state index in [2.05, 4.69) is 9.97 Å². The van der Waals surface area contributed by atoms with E-state index < -0.39 is 0 Å². The number of benzene rings is 2. The smallest absolute Gasteiger partial charge is 0.161 e. The van der Waals surface area contributed by atoms with Crippen LogP contribution in [0, 0.1) is 12.7 Å². The van der Waals surface area contributed by atoms with Crippen molar-refractivity contribution in [3.05, 3.63) is 58.0 Å². The summed E-state index contributed by atoms with van der Waals surface area (Å²) in [7, 11) is 0. The number of halogens is 3. The molecule has 0 N–H and O–H groups in total. The molecule has 0 aliphatic carbocycles. The van der Waals surface area contributed by atoms with Crippen molar-refractivity contribution in [1.82, 2.24) is 9.97 Å². The average molecular weight is 307 g/mol. The summed E-state index contributed by atoms with van der Waals surface area (Å²) >= 11 is 12.4. The van der Waals surface area contributed by atoms with Gasteiger partial charge in [-0.3, -0.25) is 0 Å². The van der Waals surface area contributed by atoms with Gasteiger partial charge in [0.1, 0.15) is 11.0 Å². The Labute approximate surface area is 125 Å². The highest BCUT2D eigenvalue weighted by atomic mass is 35.5. The summed E-state index contributed by atoms with van der Waals surface area (Å²) in [6.07, 6.45) is 0. The highest BCUT2D eigenvalue weighted by molar-refractivity contribution is 6.41. The minimum Gasteiger partial charge on any atom is -0.228 e. The van der Waals surface area contributed by atoms with E-state index in [1.807, 2.05) is 13.0 Å². The molecule has 1 aromatic heterocycles. The third-order valence-corrected chi connectivity index (χ3v) is 3.65. The highest BCUT2D eigenvalue weighted by Crippen LogP contribution is 2.32. The first-order valence-corrected chi connectivity index (χ1v) is 6.70. The van der Waals surface area contributed by atoms with Crippen molar-refractivity contribution in [2.75, 3.05) is 0 Å². The zero-order chi connectivity index (χ0) is 14.3. The minimum absolute atomic E-state index is 0.294. The van der Waals surface area contributed by atoms with Gasteiger partial charge in [-0.15, -0.1) is 0 Å². The molecule has 20 heavy (non-hydrogen) atoms. The van der Waals surface area contributed by atoms with Gasteiger partial charge in [0, 0.05) is 5.56 Å². The molecule has 1 heterocycles. The summed E-state index contributed by atoms with van der Waals surface area (Å²) in [6.45, 7) is 1.93. The van der Waals surface area contributed by atoms with E-state index in [0.717, 1.165) is 5.56 Å². The van der Waals surface area contributed by atoms with Crippen LogP contribution < -0.4 is 0 Å². The third kappa shape index (κ3) is 2.23. The van der Waals surface area contributed by atoms with Crippen LogP contribution in [0.25, 0.3) is 22.3 Å². The van der Waals surface area contributed by atoms with Gasteiger partial charge in [-0.25, -0.2) is 14.4 Å². The van der Waals surface area contributed by atoms with Crippen LogP contribution in [0.15, 0.2) is 36.4 Å². The molecule has 3 aromatic rings.